The average Bonchev–Trinajstić information content (AvgIpc) is 2.47. The number of benzene rings is 1. The summed E-state index contributed by atoms with van der Waals surface area (Å²) >= 11 is 0. The number of rotatable bonds is 5. The lowest BCUT2D eigenvalue weighted by molar-refractivity contribution is -0.139. The molecule has 0 saturated heterocycles. The summed E-state index contributed by atoms with van der Waals surface area (Å²) in [7, 11) is 1.42. The number of carbonyl (C=O) groups is 1. The third-order valence-corrected chi connectivity index (χ3v) is 3.06. The Bertz CT molecular complexity index is 617. The fourth-order valence-corrected chi connectivity index (χ4v) is 2.01. The fourth-order valence-electron chi connectivity index (χ4n) is 2.01. The Hall–Kier alpha value is -2.29. The quantitative estimate of drug-likeness (QED) is 0.842. The Kier molecular flexibility index (Phi) is 5.09. The van der Waals surface area contributed by atoms with E-state index in [1.165, 1.54) is 26.2 Å². The summed E-state index contributed by atoms with van der Waals surface area (Å²) in [5.41, 5.74) is 1.52. The molecule has 1 aromatic carbocycles. The lowest BCUT2D eigenvalue weighted by Crippen LogP contribution is -2.37. The van der Waals surface area contributed by atoms with Gasteiger partial charge in [-0.15, -0.1) is 0 Å². The van der Waals surface area contributed by atoms with Crippen LogP contribution in [0, 0.1) is 0 Å². The molecule has 1 aliphatic heterocycles. The zero-order valence-electron chi connectivity index (χ0n) is 12.4. The highest BCUT2D eigenvalue weighted by Gasteiger charge is 2.35. The van der Waals surface area contributed by atoms with Crippen LogP contribution in [0.4, 0.5) is 18.0 Å². The van der Waals surface area contributed by atoms with E-state index in [-0.39, 0.29) is 30.2 Å². The zero-order chi connectivity index (χ0) is 17.0. The number of hydrogen-bond acceptors (Lipinski definition) is 5. The third kappa shape index (κ3) is 4.13. The largest absolute Gasteiger partial charge is 0.491 e. The molecule has 0 spiro atoms. The van der Waals surface area contributed by atoms with Gasteiger partial charge in [0.05, 0.1) is 12.2 Å². The minimum absolute atomic E-state index is 0.00452. The first-order valence-corrected chi connectivity index (χ1v) is 6.70. The van der Waals surface area contributed by atoms with Crippen LogP contribution in [-0.4, -0.2) is 38.2 Å². The van der Waals surface area contributed by atoms with Crippen LogP contribution < -0.4 is 10.2 Å². The van der Waals surface area contributed by atoms with Crippen molar-refractivity contribution in [1.82, 2.24) is 5.43 Å². The summed E-state index contributed by atoms with van der Waals surface area (Å²) in [6, 6.07) is 3.55. The lowest BCUT2D eigenvalue weighted by Gasteiger charge is -2.21. The summed E-state index contributed by atoms with van der Waals surface area (Å²) in [6.45, 7) is 1.69. The number of hydrogen-bond donors (Lipinski definition) is 1. The molecular weight excluding hydrogens is 317 g/mol. The molecule has 1 aliphatic rings. The topological polar surface area (TPSA) is 69.2 Å². The van der Waals surface area contributed by atoms with Gasteiger partial charge in [0.15, 0.2) is 0 Å². The predicted octanol–water partition coefficient (Wildman–Crippen LogP) is 2.56. The molecule has 23 heavy (non-hydrogen) atoms. The fraction of sp³-hybridized carbons (Fsp3) is 0.429. The van der Waals surface area contributed by atoms with Crippen molar-refractivity contribution in [3.8, 4) is 5.75 Å². The Morgan fingerprint density at radius 1 is 1.35 bits per heavy atom. The van der Waals surface area contributed by atoms with Gasteiger partial charge >= 0.3 is 12.3 Å². The Morgan fingerprint density at radius 3 is 2.70 bits per heavy atom. The first-order valence-electron chi connectivity index (χ1n) is 6.70. The maximum Gasteiger partial charge on any atom is 0.428 e. The molecule has 1 N–H and O–H groups in total. The standard InChI is InChI=1S/C14H15F3N2O4/c1-8-12(18-19-13(20)23-8)9-3-4-11(22-6-5-21-2)10(7-9)14(15,16)17/h3-4,7-8H,5-6H2,1-2H3,(H,19,20)/t8-/m0/s1. The van der Waals surface area contributed by atoms with Gasteiger partial charge in [-0.25, -0.2) is 10.2 Å². The van der Waals surface area contributed by atoms with E-state index in [1.54, 1.807) is 0 Å². The molecule has 2 rings (SSSR count). The third-order valence-electron chi connectivity index (χ3n) is 3.06. The SMILES string of the molecule is COCCOc1ccc(C2=NNC(=O)O[C@H]2C)cc1C(F)(F)F. The van der Waals surface area contributed by atoms with Gasteiger partial charge in [0.25, 0.3) is 0 Å². The number of cyclic esters (lactones) is 1. The van der Waals surface area contributed by atoms with Crippen molar-refractivity contribution >= 4 is 11.8 Å². The Morgan fingerprint density at radius 2 is 2.09 bits per heavy atom. The molecule has 0 bridgehead atoms. The van der Waals surface area contributed by atoms with Gasteiger partial charge in [-0.1, -0.05) is 0 Å². The number of hydrazone groups is 1. The van der Waals surface area contributed by atoms with E-state index in [2.05, 4.69) is 10.5 Å². The molecule has 1 heterocycles. The molecule has 1 amide bonds. The molecule has 0 unspecified atom stereocenters. The van der Waals surface area contributed by atoms with E-state index in [9.17, 15) is 18.0 Å². The number of methoxy groups -OCH3 is 1. The van der Waals surface area contributed by atoms with Gasteiger partial charge in [-0.2, -0.15) is 18.3 Å². The molecule has 9 heteroatoms. The summed E-state index contributed by atoms with van der Waals surface area (Å²) in [6.07, 6.45) is -6.11. The van der Waals surface area contributed by atoms with Crippen LogP contribution in [0.15, 0.2) is 23.3 Å². The van der Waals surface area contributed by atoms with Crippen LogP contribution in [0.5, 0.6) is 5.75 Å². The Labute approximate surface area is 130 Å². The monoisotopic (exact) mass is 332 g/mol. The predicted molar refractivity (Wildman–Crippen MR) is 74.4 cm³/mol. The number of ether oxygens (including phenoxy) is 3. The van der Waals surface area contributed by atoms with Gasteiger partial charge in [-0.3, -0.25) is 0 Å². The van der Waals surface area contributed by atoms with Crippen molar-refractivity contribution in [3.05, 3.63) is 29.3 Å². The van der Waals surface area contributed by atoms with E-state index in [0.29, 0.717) is 0 Å². The number of nitrogens with zero attached hydrogens (tertiary/aromatic N) is 1. The summed E-state index contributed by atoms with van der Waals surface area (Å²) < 4.78 is 54.4. The van der Waals surface area contributed by atoms with Crippen molar-refractivity contribution < 1.29 is 32.2 Å². The van der Waals surface area contributed by atoms with Crippen molar-refractivity contribution in [3.63, 3.8) is 0 Å². The number of halogens is 3. The van der Waals surface area contributed by atoms with Crippen LogP contribution in [0.1, 0.15) is 18.1 Å². The zero-order valence-corrected chi connectivity index (χ0v) is 12.4. The molecule has 126 valence electrons. The minimum atomic E-state index is -4.60. The van der Waals surface area contributed by atoms with Crippen LogP contribution >= 0.6 is 0 Å². The van der Waals surface area contributed by atoms with E-state index in [1.807, 2.05) is 0 Å². The van der Waals surface area contributed by atoms with Crippen LogP contribution in [0.2, 0.25) is 0 Å². The second-order valence-electron chi connectivity index (χ2n) is 4.71. The summed E-state index contributed by atoms with van der Waals surface area (Å²) in [5.74, 6) is -0.299. The molecule has 0 saturated carbocycles. The summed E-state index contributed by atoms with van der Waals surface area (Å²) in [5, 5.41) is 3.75. The van der Waals surface area contributed by atoms with Gasteiger partial charge in [0.1, 0.15) is 24.2 Å². The molecule has 6 nitrogen and oxygen atoms in total. The molecule has 0 radical (unpaired) electrons. The van der Waals surface area contributed by atoms with Crippen LogP contribution in [-0.2, 0) is 15.7 Å². The first kappa shape index (κ1) is 17.1. The van der Waals surface area contributed by atoms with E-state index in [4.69, 9.17) is 14.2 Å². The van der Waals surface area contributed by atoms with Gasteiger partial charge in [-0.05, 0) is 25.1 Å². The highest BCUT2D eigenvalue weighted by molar-refractivity contribution is 6.06. The number of alkyl halides is 3. The second kappa shape index (κ2) is 6.86. The molecular formula is C14H15F3N2O4. The molecule has 0 aliphatic carbocycles. The second-order valence-corrected chi connectivity index (χ2v) is 4.71. The minimum Gasteiger partial charge on any atom is -0.491 e. The number of nitrogens with one attached hydrogen (secondary N) is 1. The molecule has 0 aromatic heterocycles. The van der Waals surface area contributed by atoms with Crippen LogP contribution in [0.3, 0.4) is 0 Å². The van der Waals surface area contributed by atoms with Gasteiger partial charge < -0.3 is 14.2 Å². The van der Waals surface area contributed by atoms with Gasteiger partial charge in [0, 0.05) is 12.7 Å². The molecule has 1 atom stereocenters. The number of carbonyl (C=O) groups excluding carboxylic acids is 1. The lowest BCUT2D eigenvalue weighted by atomic mass is 10.0. The van der Waals surface area contributed by atoms with Crippen LogP contribution in [0.25, 0.3) is 0 Å². The van der Waals surface area contributed by atoms with Gasteiger partial charge in [0.2, 0.25) is 0 Å². The maximum absolute atomic E-state index is 13.2. The van der Waals surface area contributed by atoms with Crippen molar-refractivity contribution in [2.24, 2.45) is 5.10 Å². The maximum atomic E-state index is 13.2. The van der Waals surface area contributed by atoms with Crippen molar-refractivity contribution in [2.75, 3.05) is 20.3 Å². The van der Waals surface area contributed by atoms with Crippen molar-refractivity contribution in [2.45, 2.75) is 19.2 Å². The smallest absolute Gasteiger partial charge is 0.428 e. The van der Waals surface area contributed by atoms with E-state index < -0.39 is 23.9 Å². The normalized spacial score (nSPS) is 18.0. The number of amides is 1. The molecule has 1 aromatic rings. The average molecular weight is 332 g/mol. The highest BCUT2D eigenvalue weighted by Crippen LogP contribution is 2.37. The Balaban J connectivity index is 2.35. The van der Waals surface area contributed by atoms with E-state index in [0.717, 1.165) is 6.07 Å². The highest BCUT2D eigenvalue weighted by atomic mass is 19.4. The van der Waals surface area contributed by atoms with Crippen molar-refractivity contribution in [1.29, 1.82) is 0 Å². The van der Waals surface area contributed by atoms with E-state index >= 15 is 0 Å². The summed E-state index contributed by atoms with van der Waals surface area (Å²) in [4.78, 5) is 11.0. The first-order chi connectivity index (χ1) is 10.8. The molecule has 0 fully saturated rings.